The number of rotatable bonds is 9. The van der Waals surface area contributed by atoms with Gasteiger partial charge in [-0.1, -0.05) is 31.4 Å². The molecule has 2 aliphatic rings. The molecule has 2 fully saturated rings. The van der Waals surface area contributed by atoms with Gasteiger partial charge in [-0.25, -0.2) is 4.79 Å². The average molecular weight is 405 g/mol. The number of ether oxygens (including phenoxy) is 3. The van der Waals surface area contributed by atoms with Crippen LogP contribution in [0.2, 0.25) is 0 Å². The lowest BCUT2D eigenvalue weighted by atomic mass is 9.98. The van der Waals surface area contributed by atoms with Crippen LogP contribution >= 0.6 is 0 Å². The fourth-order valence-corrected chi connectivity index (χ4v) is 4.04. The van der Waals surface area contributed by atoms with E-state index >= 15 is 0 Å². The molecule has 0 bridgehead atoms. The minimum atomic E-state index is 0.0239. The molecule has 162 valence electrons. The molecule has 0 unspecified atom stereocenters. The lowest BCUT2D eigenvalue weighted by Crippen LogP contribution is -2.46. The Morgan fingerprint density at radius 1 is 1.03 bits per heavy atom. The first-order valence-electron chi connectivity index (χ1n) is 11.3. The van der Waals surface area contributed by atoms with Crippen LogP contribution in [0.1, 0.15) is 58.3 Å². The summed E-state index contributed by atoms with van der Waals surface area (Å²) in [6.45, 7) is 5.42. The Morgan fingerprint density at radius 2 is 1.76 bits per heavy atom. The van der Waals surface area contributed by atoms with Crippen LogP contribution in [-0.2, 0) is 4.74 Å². The van der Waals surface area contributed by atoms with E-state index in [1.807, 2.05) is 36.1 Å². The fourth-order valence-electron chi connectivity index (χ4n) is 4.04. The van der Waals surface area contributed by atoms with Crippen molar-refractivity contribution in [2.45, 2.75) is 70.5 Å². The van der Waals surface area contributed by atoms with Crippen LogP contribution in [0.5, 0.6) is 11.5 Å². The Morgan fingerprint density at radius 3 is 2.48 bits per heavy atom. The highest BCUT2D eigenvalue weighted by Crippen LogP contribution is 2.29. The molecule has 1 N–H and O–H groups in total. The number of carbonyl (C=O) groups excluding carboxylic acids is 1. The first-order chi connectivity index (χ1) is 14.3. The smallest absolute Gasteiger partial charge is 0.317 e. The Kier molecular flexibility index (Phi) is 8.93. The van der Waals surface area contributed by atoms with Crippen molar-refractivity contribution in [2.75, 3.05) is 32.8 Å². The van der Waals surface area contributed by atoms with E-state index in [9.17, 15) is 4.79 Å². The lowest BCUT2D eigenvalue weighted by molar-refractivity contribution is 0.0274. The summed E-state index contributed by atoms with van der Waals surface area (Å²) in [5.41, 5.74) is 0. The molecular weight excluding hydrogens is 368 g/mol. The number of hydrogen-bond donors (Lipinski definition) is 1. The van der Waals surface area contributed by atoms with Crippen molar-refractivity contribution in [3.8, 4) is 11.5 Å². The van der Waals surface area contributed by atoms with E-state index in [1.54, 1.807) is 0 Å². The second kappa shape index (κ2) is 11.9. The maximum absolute atomic E-state index is 12.4. The van der Waals surface area contributed by atoms with Gasteiger partial charge in [0.25, 0.3) is 0 Å². The van der Waals surface area contributed by atoms with E-state index in [4.69, 9.17) is 14.2 Å². The van der Waals surface area contributed by atoms with E-state index in [-0.39, 0.29) is 12.1 Å². The lowest BCUT2D eigenvalue weighted by Gasteiger charge is -2.32. The van der Waals surface area contributed by atoms with Gasteiger partial charge < -0.3 is 24.4 Å². The maximum atomic E-state index is 12.4. The molecule has 6 heteroatoms. The molecule has 0 atom stereocenters. The molecule has 2 amide bonds. The zero-order valence-electron chi connectivity index (χ0n) is 17.7. The highest BCUT2D eigenvalue weighted by molar-refractivity contribution is 5.74. The topological polar surface area (TPSA) is 60.0 Å². The molecule has 1 aromatic rings. The van der Waals surface area contributed by atoms with Crippen LogP contribution in [0.4, 0.5) is 4.79 Å². The van der Waals surface area contributed by atoms with Gasteiger partial charge in [-0.2, -0.15) is 0 Å². The van der Waals surface area contributed by atoms with E-state index in [0.717, 1.165) is 37.4 Å². The van der Waals surface area contributed by atoms with E-state index in [1.165, 1.54) is 32.1 Å². The predicted octanol–water partition coefficient (Wildman–Crippen LogP) is 4.38. The van der Waals surface area contributed by atoms with Crippen LogP contribution < -0.4 is 14.8 Å². The van der Waals surface area contributed by atoms with Crippen molar-refractivity contribution >= 4 is 6.03 Å². The van der Waals surface area contributed by atoms with Crippen LogP contribution in [0, 0.1) is 0 Å². The quantitative estimate of drug-likeness (QED) is 0.621. The molecule has 1 aliphatic carbocycles. The summed E-state index contributed by atoms with van der Waals surface area (Å²) in [4.78, 5) is 14.3. The first-order valence-corrected chi connectivity index (χ1v) is 11.3. The van der Waals surface area contributed by atoms with Gasteiger partial charge >= 0.3 is 6.03 Å². The van der Waals surface area contributed by atoms with Crippen LogP contribution in [0.25, 0.3) is 0 Å². The highest BCUT2D eigenvalue weighted by atomic mass is 16.5. The minimum absolute atomic E-state index is 0.0239. The Bertz CT molecular complexity index is 611. The summed E-state index contributed by atoms with van der Waals surface area (Å²) >= 11 is 0. The Labute approximate surface area is 174 Å². The molecule has 6 nitrogen and oxygen atoms in total. The van der Waals surface area contributed by atoms with E-state index in [0.29, 0.717) is 32.3 Å². The standard InChI is InChI=1S/C23H36N2O4/c1-2-27-21-11-6-7-12-22(21)29-20-13-16-25(17-14-20)23(26)24-15-8-18-28-19-9-4-3-5-10-19/h6-7,11-12,19-20H,2-5,8-10,13-18H2,1H3,(H,24,26). The molecule has 1 saturated carbocycles. The Hall–Kier alpha value is -1.95. The van der Waals surface area contributed by atoms with E-state index in [2.05, 4.69) is 5.32 Å². The van der Waals surface area contributed by atoms with Gasteiger partial charge in [0, 0.05) is 39.1 Å². The zero-order chi connectivity index (χ0) is 20.3. The van der Waals surface area contributed by atoms with Gasteiger partial charge in [0.15, 0.2) is 11.5 Å². The highest BCUT2D eigenvalue weighted by Gasteiger charge is 2.24. The number of nitrogens with zero attached hydrogens (tertiary/aromatic N) is 1. The molecule has 29 heavy (non-hydrogen) atoms. The number of nitrogens with one attached hydrogen (secondary N) is 1. The van der Waals surface area contributed by atoms with Crippen molar-refractivity contribution < 1.29 is 19.0 Å². The first kappa shape index (κ1) is 21.8. The van der Waals surface area contributed by atoms with Gasteiger partial charge in [0.1, 0.15) is 6.10 Å². The number of para-hydroxylation sites is 2. The average Bonchev–Trinajstić information content (AvgIpc) is 2.76. The normalized spacial score (nSPS) is 18.4. The number of hydrogen-bond acceptors (Lipinski definition) is 4. The minimum Gasteiger partial charge on any atom is -0.490 e. The number of amides is 2. The van der Waals surface area contributed by atoms with Crippen molar-refractivity contribution in [3.63, 3.8) is 0 Å². The number of likely N-dealkylation sites (tertiary alicyclic amines) is 1. The van der Waals surface area contributed by atoms with Crippen molar-refractivity contribution in [1.29, 1.82) is 0 Å². The van der Waals surface area contributed by atoms with Crippen LogP contribution in [0.3, 0.4) is 0 Å². The van der Waals surface area contributed by atoms with Gasteiger partial charge in [-0.3, -0.25) is 0 Å². The molecule has 3 rings (SSSR count). The molecule has 1 aliphatic heterocycles. The van der Waals surface area contributed by atoms with Gasteiger partial charge in [-0.05, 0) is 38.3 Å². The number of piperidine rings is 1. The second-order valence-electron chi connectivity index (χ2n) is 7.90. The monoisotopic (exact) mass is 404 g/mol. The maximum Gasteiger partial charge on any atom is 0.317 e. The third kappa shape index (κ3) is 7.11. The van der Waals surface area contributed by atoms with Gasteiger partial charge in [0.2, 0.25) is 0 Å². The summed E-state index contributed by atoms with van der Waals surface area (Å²) in [5, 5.41) is 3.03. The second-order valence-corrected chi connectivity index (χ2v) is 7.90. The van der Waals surface area contributed by atoms with Crippen LogP contribution in [0.15, 0.2) is 24.3 Å². The molecule has 1 saturated heterocycles. The number of urea groups is 1. The Balaban J connectivity index is 1.30. The summed E-state index contributed by atoms with van der Waals surface area (Å²) in [6.07, 6.45) is 9.40. The van der Waals surface area contributed by atoms with Crippen LogP contribution in [-0.4, -0.2) is 56.0 Å². The molecule has 0 radical (unpaired) electrons. The SMILES string of the molecule is CCOc1ccccc1OC1CCN(C(=O)NCCCOC2CCCCC2)CC1. The molecule has 0 aromatic heterocycles. The number of carbonyl (C=O) groups is 1. The zero-order valence-corrected chi connectivity index (χ0v) is 17.7. The van der Waals surface area contributed by atoms with Gasteiger partial charge in [0.05, 0.1) is 12.7 Å². The third-order valence-corrected chi connectivity index (χ3v) is 5.67. The van der Waals surface area contributed by atoms with Gasteiger partial charge in [-0.15, -0.1) is 0 Å². The largest absolute Gasteiger partial charge is 0.490 e. The van der Waals surface area contributed by atoms with Crippen molar-refractivity contribution in [2.24, 2.45) is 0 Å². The predicted molar refractivity (Wildman–Crippen MR) is 114 cm³/mol. The van der Waals surface area contributed by atoms with Crippen molar-refractivity contribution in [3.05, 3.63) is 24.3 Å². The van der Waals surface area contributed by atoms with Crippen molar-refractivity contribution in [1.82, 2.24) is 10.2 Å². The molecule has 0 spiro atoms. The molecule has 1 heterocycles. The number of benzene rings is 1. The summed E-state index contributed by atoms with van der Waals surface area (Å²) in [5.74, 6) is 1.57. The molecular formula is C23H36N2O4. The fraction of sp³-hybridized carbons (Fsp3) is 0.696. The summed E-state index contributed by atoms with van der Waals surface area (Å²) < 4.78 is 17.7. The summed E-state index contributed by atoms with van der Waals surface area (Å²) in [6, 6.07) is 7.80. The third-order valence-electron chi connectivity index (χ3n) is 5.67. The molecule has 1 aromatic carbocycles. The van der Waals surface area contributed by atoms with E-state index < -0.39 is 0 Å². The summed E-state index contributed by atoms with van der Waals surface area (Å²) in [7, 11) is 0.